The second-order valence-electron chi connectivity index (χ2n) is 5.03. The number of rotatable bonds is 2. The van der Waals surface area contributed by atoms with E-state index in [1.807, 2.05) is 36.4 Å². The maximum atomic E-state index is 6.03. The molecule has 21 heavy (non-hydrogen) atoms. The summed E-state index contributed by atoms with van der Waals surface area (Å²) in [5.41, 5.74) is 11.3. The highest BCUT2D eigenvalue weighted by Crippen LogP contribution is 2.39. The second kappa shape index (κ2) is 5.37. The summed E-state index contributed by atoms with van der Waals surface area (Å²) in [7, 11) is 0. The number of benzene rings is 2. The van der Waals surface area contributed by atoms with Crippen LogP contribution in [-0.4, -0.2) is 5.16 Å². The number of aryl methyl sites for hydroxylation is 1. The van der Waals surface area contributed by atoms with E-state index in [9.17, 15) is 0 Å². The van der Waals surface area contributed by atoms with Gasteiger partial charge in [0.15, 0.2) is 11.6 Å². The average Bonchev–Trinajstić information content (AvgIpc) is 2.83. The Morgan fingerprint density at radius 3 is 2.62 bits per heavy atom. The highest BCUT2D eigenvalue weighted by atomic mass is 79.9. The molecule has 106 valence electrons. The molecule has 3 rings (SSSR count). The zero-order valence-electron chi connectivity index (χ0n) is 11.9. The molecule has 0 aliphatic heterocycles. The Hall–Kier alpha value is -2.07. The zero-order chi connectivity index (χ0) is 15.0. The fraction of sp³-hybridized carbons (Fsp3) is 0.118. The highest BCUT2D eigenvalue weighted by molar-refractivity contribution is 9.10. The fourth-order valence-electron chi connectivity index (χ4n) is 2.41. The molecule has 3 nitrogen and oxygen atoms in total. The Labute approximate surface area is 131 Å². The van der Waals surface area contributed by atoms with E-state index in [-0.39, 0.29) is 0 Å². The lowest BCUT2D eigenvalue weighted by atomic mass is 9.96. The van der Waals surface area contributed by atoms with Gasteiger partial charge in [0.05, 0.1) is 5.56 Å². The number of anilines is 1. The minimum absolute atomic E-state index is 0.406. The molecule has 2 aromatic carbocycles. The molecule has 0 radical (unpaired) electrons. The van der Waals surface area contributed by atoms with Gasteiger partial charge < -0.3 is 10.3 Å². The van der Waals surface area contributed by atoms with Crippen LogP contribution in [0.2, 0.25) is 0 Å². The lowest BCUT2D eigenvalue weighted by Crippen LogP contribution is -1.91. The molecule has 0 aliphatic carbocycles. The molecule has 0 fully saturated rings. The van der Waals surface area contributed by atoms with Crippen molar-refractivity contribution in [2.75, 3.05) is 5.73 Å². The van der Waals surface area contributed by atoms with Crippen LogP contribution in [-0.2, 0) is 0 Å². The topological polar surface area (TPSA) is 52.0 Å². The van der Waals surface area contributed by atoms with Crippen molar-refractivity contribution in [2.45, 2.75) is 13.8 Å². The van der Waals surface area contributed by atoms with Crippen LogP contribution in [0.25, 0.3) is 22.5 Å². The maximum absolute atomic E-state index is 6.03. The molecule has 0 saturated carbocycles. The minimum atomic E-state index is 0.406. The number of nitrogens with zero attached hydrogens (tertiary/aromatic N) is 1. The highest BCUT2D eigenvalue weighted by Gasteiger charge is 2.19. The first kappa shape index (κ1) is 13.9. The molecule has 0 atom stereocenters. The molecule has 1 heterocycles. The summed E-state index contributed by atoms with van der Waals surface area (Å²) in [5.74, 6) is 1.12. The van der Waals surface area contributed by atoms with Gasteiger partial charge in [-0.05, 0) is 42.7 Å². The van der Waals surface area contributed by atoms with E-state index in [1.54, 1.807) is 0 Å². The monoisotopic (exact) mass is 342 g/mol. The van der Waals surface area contributed by atoms with Gasteiger partial charge in [0.1, 0.15) is 0 Å². The van der Waals surface area contributed by atoms with Crippen LogP contribution in [0.1, 0.15) is 11.1 Å². The third kappa shape index (κ3) is 2.47. The Morgan fingerprint density at radius 1 is 1.10 bits per heavy atom. The van der Waals surface area contributed by atoms with Gasteiger partial charge in [-0.3, -0.25) is 0 Å². The number of hydrogen-bond donors (Lipinski definition) is 1. The molecule has 0 bridgehead atoms. The van der Waals surface area contributed by atoms with E-state index in [4.69, 9.17) is 10.3 Å². The SMILES string of the molecule is Cc1cccc(-c2onc(N)c2-c2cccc(Br)c2)c1C. The summed E-state index contributed by atoms with van der Waals surface area (Å²) >= 11 is 3.49. The average molecular weight is 343 g/mol. The van der Waals surface area contributed by atoms with Crippen molar-refractivity contribution in [1.29, 1.82) is 0 Å². The third-order valence-corrected chi connectivity index (χ3v) is 4.17. The van der Waals surface area contributed by atoms with E-state index in [1.165, 1.54) is 11.1 Å². The molecule has 0 saturated heterocycles. The molecule has 1 aromatic heterocycles. The van der Waals surface area contributed by atoms with Crippen molar-refractivity contribution in [3.05, 3.63) is 58.1 Å². The van der Waals surface area contributed by atoms with Crippen molar-refractivity contribution in [3.63, 3.8) is 0 Å². The van der Waals surface area contributed by atoms with Gasteiger partial charge in [0, 0.05) is 10.0 Å². The van der Waals surface area contributed by atoms with E-state index < -0.39 is 0 Å². The standard InChI is InChI=1S/C17H15BrN2O/c1-10-5-3-8-14(11(10)2)16-15(17(19)20-21-16)12-6-4-7-13(18)9-12/h3-9H,1-2H3,(H2,19,20). The van der Waals surface area contributed by atoms with Gasteiger partial charge in [-0.15, -0.1) is 0 Å². The van der Waals surface area contributed by atoms with Crippen LogP contribution >= 0.6 is 15.9 Å². The van der Waals surface area contributed by atoms with Gasteiger partial charge >= 0.3 is 0 Å². The van der Waals surface area contributed by atoms with E-state index in [2.05, 4.69) is 41.0 Å². The number of aromatic nitrogens is 1. The molecule has 2 N–H and O–H groups in total. The predicted octanol–water partition coefficient (Wildman–Crippen LogP) is 4.97. The summed E-state index contributed by atoms with van der Waals surface area (Å²) in [6.45, 7) is 4.16. The summed E-state index contributed by atoms with van der Waals surface area (Å²) in [5, 5.41) is 3.96. The van der Waals surface area contributed by atoms with Crippen LogP contribution in [0.5, 0.6) is 0 Å². The third-order valence-electron chi connectivity index (χ3n) is 3.68. The summed E-state index contributed by atoms with van der Waals surface area (Å²) in [4.78, 5) is 0. The molecule has 4 heteroatoms. The minimum Gasteiger partial charge on any atom is -0.380 e. The Kier molecular flexibility index (Phi) is 3.55. The Balaban J connectivity index is 2.24. The quantitative estimate of drug-likeness (QED) is 0.715. The Bertz CT molecular complexity index is 808. The molecule has 0 spiro atoms. The smallest absolute Gasteiger partial charge is 0.177 e. The Morgan fingerprint density at radius 2 is 1.86 bits per heavy atom. The van der Waals surface area contributed by atoms with E-state index in [0.717, 1.165) is 21.2 Å². The van der Waals surface area contributed by atoms with Gasteiger partial charge in [-0.1, -0.05) is 51.4 Å². The van der Waals surface area contributed by atoms with Crippen LogP contribution in [0.15, 0.2) is 51.5 Å². The number of halogens is 1. The first-order valence-corrected chi connectivity index (χ1v) is 7.45. The zero-order valence-corrected chi connectivity index (χ0v) is 13.4. The summed E-state index contributed by atoms with van der Waals surface area (Å²) in [6.07, 6.45) is 0. The van der Waals surface area contributed by atoms with Gasteiger partial charge in [0.2, 0.25) is 0 Å². The summed E-state index contributed by atoms with van der Waals surface area (Å²) < 4.78 is 6.51. The molecule has 0 aliphatic rings. The maximum Gasteiger partial charge on any atom is 0.177 e. The fourth-order valence-corrected chi connectivity index (χ4v) is 2.81. The van der Waals surface area contributed by atoms with Crippen LogP contribution in [0.3, 0.4) is 0 Å². The van der Waals surface area contributed by atoms with Crippen molar-refractivity contribution in [3.8, 4) is 22.5 Å². The van der Waals surface area contributed by atoms with Crippen molar-refractivity contribution < 1.29 is 4.52 Å². The second-order valence-corrected chi connectivity index (χ2v) is 5.95. The normalized spacial score (nSPS) is 10.8. The van der Waals surface area contributed by atoms with Crippen molar-refractivity contribution >= 4 is 21.7 Å². The predicted molar refractivity (Wildman–Crippen MR) is 89.0 cm³/mol. The van der Waals surface area contributed by atoms with Crippen LogP contribution in [0.4, 0.5) is 5.82 Å². The molecule has 0 unspecified atom stereocenters. The van der Waals surface area contributed by atoms with Gasteiger partial charge in [-0.25, -0.2) is 0 Å². The molecule has 0 amide bonds. The van der Waals surface area contributed by atoms with Gasteiger partial charge in [-0.2, -0.15) is 0 Å². The lowest BCUT2D eigenvalue weighted by molar-refractivity contribution is 0.436. The number of nitrogens with two attached hydrogens (primary N) is 1. The first-order valence-electron chi connectivity index (χ1n) is 6.65. The molecular formula is C17H15BrN2O. The molecule has 3 aromatic rings. The molecular weight excluding hydrogens is 328 g/mol. The number of nitrogen functional groups attached to an aromatic ring is 1. The van der Waals surface area contributed by atoms with Gasteiger partial charge in [0.25, 0.3) is 0 Å². The summed E-state index contributed by atoms with van der Waals surface area (Å²) in [6, 6.07) is 14.1. The number of hydrogen-bond acceptors (Lipinski definition) is 3. The van der Waals surface area contributed by atoms with Crippen molar-refractivity contribution in [2.24, 2.45) is 0 Å². The van der Waals surface area contributed by atoms with E-state index in [0.29, 0.717) is 11.6 Å². The largest absolute Gasteiger partial charge is 0.380 e. The lowest BCUT2D eigenvalue weighted by Gasteiger charge is -2.08. The van der Waals surface area contributed by atoms with Crippen LogP contribution < -0.4 is 5.73 Å². The van der Waals surface area contributed by atoms with Crippen LogP contribution in [0, 0.1) is 13.8 Å². The van der Waals surface area contributed by atoms with Crippen molar-refractivity contribution in [1.82, 2.24) is 5.16 Å². The van der Waals surface area contributed by atoms with E-state index >= 15 is 0 Å². The first-order chi connectivity index (χ1) is 10.1.